The van der Waals surface area contributed by atoms with Crippen LogP contribution in [-0.2, 0) is 11.3 Å². The molecule has 0 bridgehead atoms. The van der Waals surface area contributed by atoms with Crippen LogP contribution in [0.1, 0.15) is 34.3 Å². The molecule has 2 aliphatic rings. The van der Waals surface area contributed by atoms with Gasteiger partial charge in [-0.2, -0.15) is 0 Å². The number of aryl methyl sites for hydroxylation is 1. The van der Waals surface area contributed by atoms with Gasteiger partial charge in [0.15, 0.2) is 11.5 Å². The smallest absolute Gasteiger partial charge is 0.325 e. The number of benzene rings is 2. The summed E-state index contributed by atoms with van der Waals surface area (Å²) in [6.45, 7) is 2.78. The van der Waals surface area contributed by atoms with Crippen molar-refractivity contribution in [3.63, 3.8) is 0 Å². The van der Waals surface area contributed by atoms with E-state index in [1.54, 1.807) is 23.1 Å². The normalized spacial score (nSPS) is 20.5. The summed E-state index contributed by atoms with van der Waals surface area (Å²) in [5, 5.41) is 2.88. The number of hydrogen-bond donors (Lipinski definition) is 1. The summed E-state index contributed by atoms with van der Waals surface area (Å²) in [5.41, 5.74) is 1.23. The van der Waals surface area contributed by atoms with Crippen LogP contribution < -0.4 is 14.8 Å². The van der Waals surface area contributed by atoms with Gasteiger partial charge in [0.05, 0.1) is 32.9 Å². The van der Waals surface area contributed by atoms with E-state index in [-0.39, 0.29) is 24.9 Å². The van der Waals surface area contributed by atoms with E-state index in [2.05, 4.69) is 5.32 Å². The van der Waals surface area contributed by atoms with Gasteiger partial charge < -0.3 is 19.7 Å². The van der Waals surface area contributed by atoms with E-state index in [4.69, 9.17) is 9.47 Å². The Morgan fingerprint density at radius 2 is 1.84 bits per heavy atom. The molecule has 2 aromatic carbocycles. The molecule has 8 heteroatoms. The van der Waals surface area contributed by atoms with Gasteiger partial charge in [0.2, 0.25) is 0 Å². The highest BCUT2D eigenvalue weighted by Crippen LogP contribution is 2.34. The van der Waals surface area contributed by atoms with Crippen LogP contribution >= 0.6 is 0 Å². The maximum Gasteiger partial charge on any atom is 0.325 e. The fraction of sp³-hybridized carbons (Fsp3) is 0.375. The first kappa shape index (κ1) is 21.7. The predicted molar refractivity (Wildman–Crippen MR) is 118 cm³/mol. The highest BCUT2D eigenvalue weighted by molar-refractivity contribution is 6.08. The number of urea groups is 1. The van der Waals surface area contributed by atoms with Crippen LogP contribution in [0.4, 0.5) is 4.79 Å². The van der Waals surface area contributed by atoms with Crippen molar-refractivity contribution >= 4 is 17.8 Å². The minimum atomic E-state index is -1.11. The van der Waals surface area contributed by atoms with Gasteiger partial charge in [0.1, 0.15) is 5.54 Å². The third-order valence-electron chi connectivity index (χ3n) is 6.12. The van der Waals surface area contributed by atoms with E-state index >= 15 is 0 Å². The number of rotatable bonds is 5. The molecule has 2 fully saturated rings. The molecule has 4 rings (SSSR count). The Bertz CT molecular complexity index is 1050. The fourth-order valence-corrected chi connectivity index (χ4v) is 4.43. The quantitative estimate of drug-likeness (QED) is 0.727. The van der Waals surface area contributed by atoms with Crippen molar-refractivity contribution in [1.82, 2.24) is 15.1 Å². The van der Waals surface area contributed by atoms with E-state index in [1.165, 1.54) is 19.1 Å². The van der Waals surface area contributed by atoms with Gasteiger partial charge in [-0.15, -0.1) is 0 Å². The molecule has 8 nitrogen and oxygen atoms in total. The van der Waals surface area contributed by atoms with Crippen LogP contribution in [0.25, 0.3) is 0 Å². The number of hydrogen-bond acceptors (Lipinski definition) is 5. The minimum absolute atomic E-state index is 0.112. The third-order valence-corrected chi connectivity index (χ3v) is 6.12. The number of likely N-dealkylation sites (tertiary alicyclic amines) is 1. The summed E-state index contributed by atoms with van der Waals surface area (Å²) >= 11 is 0. The van der Waals surface area contributed by atoms with Gasteiger partial charge in [-0.25, -0.2) is 4.79 Å². The zero-order valence-corrected chi connectivity index (χ0v) is 18.5. The van der Waals surface area contributed by atoms with Crippen LogP contribution in [0.5, 0.6) is 11.5 Å². The molecule has 2 heterocycles. The summed E-state index contributed by atoms with van der Waals surface area (Å²) in [6.07, 6.45) is 1.09. The first-order valence-corrected chi connectivity index (χ1v) is 10.6. The van der Waals surface area contributed by atoms with Crippen molar-refractivity contribution in [3.8, 4) is 11.5 Å². The lowest BCUT2D eigenvalue weighted by Crippen LogP contribution is -2.59. The van der Waals surface area contributed by atoms with Crippen LogP contribution in [0.15, 0.2) is 42.5 Å². The summed E-state index contributed by atoms with van der Waals surface area (Å²) in [7, 11) is 2.99. The van der Waals surface area contributed by atoms with Crippen molar-refractivity contribution in [2.24, 2.45) is 0 Å². The Hall–Kier alpha value is -3.55. The Labute approximate surface area is 187 Å². The topological polar surface area (TPSA) is 88.2 Å². The lowest BCUT2D eigenvalue weighted by atomic mass is 9.88. The standard InChI is InChI=1S/C24H27N3O5/c1-16-8-10-17(11-9-16)14-27-22(29)24(25-23(27)30)12-5-13-26(15-24)21(28)18-6-4-7-19(31-2)20(18)32-3/h4,6-11H,5,12-15H2,1-3H3,(H,25,30)/t24-/m1/s1. The lowest BCUT2D eigenvalue weighted by molar-refractivity contribution is -0.133. The SMILES string of the molecule is COc1cccc(C(=O)N2CCC[C@]3(C2)NC(=O)N(Cc2ccc(C)cc2)C3=O)c1OC. The minimum Gasteiger partial charge on any atom is -0.493 e. The number of imide groups is 1. The number of carbonyl (C=O) groups is 3. The maximum absolute atomic E-state index is 13.4. The molecular weight excluding hydrogens is 410 g/mol. The Kier molecular flexibility index (Phi) is 5.78. The van der Waals surface area contributed by atoms with Gasteiger partial charge in [0.25, 0.3) is 11.8 Å². The molecule has 1 atom stereocenters. The van der Waals surface area contributed by atoms with E-state index < -0.39 is 11.6 Å². The molecule has 0 unspecified atom stereocenters. The average Bonchev–Trinajstić information content (AvgIpc) is 3.02. The number of nitrogens with one attached hydrogen (secondary N) is 1. The highest BCUT2D eigenvalue weighted by Gasteiger charge is 2.53. The van der Waals surface area contributed by atoms with Crippen LogP contribution in [-0.4, -0.2) is 60.5 Å². The predicted octanol–water partition coefficient (Wildman–Crippen LogP) is 2.74. The Morgan fingerprint density at radius 3 is 2.53 bits per heavy atom. The molecule has 0 radical (unpaired) electrons. The largest absolute Gasteiger partial charge is 0.493 e. The summed E-state index contributed by atoms with van der Waals surface area (Å²) in [5.74, 6) is 0.249. The molecule has 0 aliphatic carbocycles. The molecule has 2 aliphatic heterocycles. The Morgan fingerprint density at radius 1 is 1.09 bits per heavy atom. The molecule has 0 aromatic heterocycles. The van der Waals surface area contributed by atoms with Crippen molar-refractivity contribution in [2.75, 3.05) is 27.3 Å². The lowest BCUT2D eigenvalue weighted by Gasteiger charge is -2.38. The van der Waals surface area contributed by atoms with E-state index in [0.29, 0.717) is 36.4 Å². The van der Waals surface area contributed by atoms with Crippen molar-refractivity contribution in [1.29, 1.82) is 0 Å². The number of ether oxygens (including phenoxy) is 2. The summed E-state index contributed by atoms with van der Waals surface area (Å²) in [6, 6.07) is 12.4. The number of piperidine rings is 1. The second-order valence-electron chi connectivity index (χ2n) is 8.26. The second-order valence-corrected chi connectivity index (χ2v) is 8.26. The van der Waals surface area contributed by atoms with Gasteiger partial charge in [-0.1, -0.05) is 35.9 Å². The third kappa shape index (κ3) is 3.77. The molecule has 1 N–H and O–H groups in total. The first-order chi connectivity index (χ1) is 15.4. The molecule has 2 saturated heterocycles. The molecule has 0 saturated carbocycles. The summed E-state index contributed by atoms with van der Waals surface area (Å²) in [4.78, 5) is 42.2. The van der Waals surface area contributed by atoms with Crippen molar-refractivity contribution < 1.29 is 23.9 Å². The molecule has 1 spiro atoms. The van der Waals surface area contributed by atoms with Crippen molar-refractivity contribution in [2.45, 2.75) is 31.8 Å². The number of amides is 4. The Balaban J connectivity index is 1.56. The highest BCUT2D eigenvalue weighted by atomic mass is 16.5. The van der Waals surface area contributed by atoms with E-state index in [1.807, 2.05) is 31.2 Å². The van der Waals surface area contributed by atoms with Gasteiger partial charge in [-0.05, 0) is 37.5 Å². The van der Waals surface area contributed by atoms with Gasteiger partial charge in [0, 0.05) is 6.54 Å². The molecule has 168 valence electrons. The first-order valence-electron chi connectivity index (χ1n) is 10.6. The molecule has 4 amide bonds. The average molecular weight is 437 g/mol. The number of nitrogens with zero attached hydrogens (tertiary/aromatic N) is 2. The molecule has 32 heavy (non-hydrogen) atoms. The summed E-state index contributed by atoms with van der Waals surface area (Å²) < 4.78 is 10.7. The molecule has 2 aromatic rings. The number of carbonyl (C=O) groups excluding carboxylic acids is 3. The zero-order chi connectivity index (χ0) is 22.9. The van der Waals surface area contributed by atoms with Crippen LogP contribution in [0.3, 0.4) is 0 Å². The second kappa shape index (κ2) is 8.53. The maximum atomic E-state index is 13.4. The van der Waals surface area contributed by atoms with E-state index in [0.717, 1.165) is 11.1 Å². The van der Waals surface area contributed by atoms with E-state index in [9.17, 15) is 14.4 Å². The molecular formula is C24H27N3O5. The van der Waals surface area contributed by atoms with Gasteiger partial charge in [-0.3, -0.25) is 14.5 Å². The zero-order valence-electron chi connectivity index (χ0n) is 18.5. The van der Waals surface area contributed by atoms with Crippen LogP contribution in [0.2, 0.25) is 0 Å². The number of methoxy groups -OCH3 is 2. The van der Waals surface area contributed by atoms with Crippen LogP contribution in [0, 0.1) is 6.92 Å². The van der Waals surface area contributed by atoms with Crippen molar-refractivity contribution in [3.05, 3.63) is 59.2 Å². The fourth-order valence-electron chi connectivity index (χ4n) is 4.43. The number of para-hydroxylation sites is 1. The monoisotopic (exact) mass is 437 g/mol. The van der Waals surface area contributed by atoms with Gasteiger partial charge >= 0.3 is 6.03 Å².